The Morgan fingerprint density at radius 1 is 1.47 bits per heavy atom. The second kappa shape index (κ2) is 5.35. The highest BCUT2D eigenvalue weighted by atomic mass is 16.4. The molecule has 0 radical (unpaired) electrons. The third-order valence-electron chi connectivity index (χ3n) is 3.90. The molecule has 1 aromatic rings. The summed E-state index contributed by atoms with van der Waals surface area (Å²) in [7, 11) is 0. The fourth-order valence-corrected chi connectivity index (χ4v) is 2.88. The molecule has 0 amide bonds. The molecule has 0 aromatic heterocycles. The number of aliphatic carboxylic acids is 1. The number of rotatable bonds is 4. The van der Waals surface area contributed by atoms with Gasteiger partial charge in [0.2, 0.25) is 0 Å². The molecule has 0 heterocycles. The first-order valence-corrected chi connectivity index (χ1v) is 6.53. The first-order chi connectivity index (χ1) is 8.22. The van der Waals surface area contributed by atoms with Crippen molar-refractivity contribution < 1.29 is 9.90 Å². The van der Waals surface area contributed by atoms with E-state index in [1.165, 1.54) is 17.5 Å². The van der Waals surface area contributed by atoms with E-state index in [1.807, 2.05) is 6.92 Å². The van der Waals surface area contributed by atoms with Crippen LogP contribution in [0.5, 0.6) is 0 Å². The zero-order valence-corrected chi connectivity index (χ0v) is 10.4. The number of aryl methyl sites for hydroxylation is 1. The van der Waals surface area contributed by atoms with E-state index in [-0.39, 0.29) is 5.92 Å². The van der Waals surface area contributed by atoms with Gasteiger partial charge in [-0.25, -0.2) is 0 Å². The molecule has 2 unspecified atom stereocenters. The van der Waals surface area contributed by atoms with Gasteiger partial charge < -0.3 is 5.11 Å². The van der Waals surface area contributed by atoms with Crippen LogP contribution < -0.4 is 0 Å². The largest absolute Gasteiger partial charge is 0.481 e. The second-order valence-electron chi connectivity index (χ2n) is 4.97. The van der Waals surface area contributed by atoms with Crippen LogP contribution in [0.4, 0.5) is 0 Å². The van der Waals surface area contributed by atoms with Crippen LogP contribution in [-0.2, 0) is 11.2 Å². The van der Waals surface area contributed by atoms with Crippen molar-refractivity contribution in [1.82, 2.24) is 0 Å². The summed E-state index contributed by atoms with van der Waals surface area (Å²) in [5.41, 5.74) is 2.81. The molecule has 1 N–H and O–H groups in total. The van der Waals surface area contributed by atoms with Crippen molar-refractivity contribution in [3.63, 3.8) is 0 Å². The minimum Gasteiger partial charge on any atom is -0.481 e. The third-order valence-corrected chi connectivity index (χ3v) is 3.90. The highest BCUT2D eigenvalue weighted by molar-refractivity contribution is 5.70. The van der Waals surface area contributed by atoms with E-state index in [4.69, 9.17) is 5.11 Å². The molecule has 1 aromatic carbocycles. The van der Waals surface area contributed by atoms with Crippen LogP contribution in [0.3, 0.4) is 0 Å². The first-order valence-electron chi connectivity index (χ1n) is 6.53. The molecule has 0 spiro atoms. The number of hydrogen-bond acceptors (Lipinski definition) is 1. The minimum atomic E-state index is -0.643. The molecule has 2 rings (SSSR count). The lowest BCUT2D eigenvalue weighted by atomic mass is 9.78. The summed E-state index contributed by atoms with van der Waals surface area (Å²) < 4.78 is 0. The summed E-state index contributed by atoms with van der Waals surface area (Å²) in [5.74, 6) is -0.386. The van der Waals surface area contributed by atoms with Gasteiger partial charge in [0.05, 0.1) is 5.92 Å². The molecular weight excluding hydrogens is 212 g/mol. The second-order valence-corrected chi connectivity index (χ2v) is 4.97. The number of fused-ring (bicyclic) bond motifs is 1. The van der Waals surface area contributed by atoms with Crippen molar-refractivity contribution in [2.75, 3.05) is 0 Å². The average Bonchev–Trinajstić information content (AvgIpc) is 2.35. The normalized spacial score (nSPS) is 20.6. The van der Waals surface area contributed by atoms with E-state index < -0.39 is 5.97 Å². The van der Waals surface area contributed by atoms with Crippen LogP contribution >= 0.6 is 0 Å². The summed E-state index contributed by atoms with van der Waals surface area (Å²) in [6.45, 7) is 1.97. The van der Waals surface area contributed by atoms with Gasteiger partial charge in [0.15, 0.2) is 0 Å². The topological polar surface area (TPSA) is 37.3 Å². The molecule has 1 aliphatic carbocycles. The Balaban J connectivity index is 2.15. The molecule has 0 saturated heterocycles. The van der Waals surface area contributed by atoms with E-state index >= 15 is 0 Å². The first kappa shape index (κ1) is 12.2. The van der Waals surface area contributed by atoms with Crippen LogP contribution in [0.1, 0.15) is 49.7 Å². The van der Waals surface area contributed by atoms with Crippen LogP contribution in [0.15, 0.2) is 24.3 Å². The Bertz CT molecular complexity index is 398. The summed E-state index contributed by atoms with van der Waals surface area (Å²) in [5, 5.41) is 9.15. The minimum absolute atomic E-state index is 0.189. The van der Waals surface area contributed by atoms with E-state index in [2.05, 4.69) is 24.3 Å². The Hall–Kier alpha value is -1.31. The van der Waals surface area contributed by atoms with Crippen molar-refractivity contribution in [3.05, 3.63) is 35.4 Å². The van der Waals surface area contributed by atoms with Gasteiger partial charge in [0, 0.05) is 0 Å². The van der Waals surface area contributed by atoms with E-state index in [1.54, 1.807) is 0 Å². The van der Waals surface area contributed by atoms with E-state index in [9.17, 15) is 4.79 Å². The SMILES string of the molecule is CCC(CC1CCCc2ccccc21)C(=O)O. The molecule has 2 heteroatoms. The Labute approximate surface area is 103 Å². The van der Waals surface area contributed by atoms with E-state index in [0.717, 1.165) is 25.7 Å². The molecule has 2 atom stereocenters. The van der Waals surface area contributed by atoms with Crippen LogP contribution in [0.25, 0.3) is 0 Å². The molecule has 0 saturated carbocycles. The highest BCUT2D eigenvalue weighted by Gasteiger charge is 2.25. The molecular formula is C15H20O2. The number of carbonyl (C=O) groups is 1. The van der Waals surface area contributed by atoms with Crippen molar-refractivity contribution >= 4 is 5.97 Å². The fraction of sp³-hybridized carbons (Fsp3) is 0.533. The lowest BCUT2D eigenvalue weighted by Gasteiger charge is -2.27. The van der Waals surface area contributed by atoms with Crippen molar-refractivity contribution in [3.8, 4) is 0 Å². The van der Waals surface area contributed by atoms with Crippen LogP contribution in [0.2, 0.25) is 0 Å². The lowest BCUT2D eigenvalue weighted by molar-refractivity contribution is -0.142. The number of carboxylic acids is 1. The predicted molar refractivity (Wildman–Crippen MR) is 68.2 cm³/mol. The molecule has 92 valence electrons. The average molecular weight is 232 g/mol. The Morgan fingerprint density at radius 2 is 2.24 bits per heavy atom. The van der Waals surface area contributed by atoms with Crippen LogP contribution in [-0.4, -0.2) is 11.1 Å². The van der Waals surface area contributed by atoms with Gasteiger partial charge in [-0.05, 0) is 49.1 Å². The molecule has 2 nitrogen and oxygen atoms in total. The van der Waals surface area contributed by atoms with Gasteiger partial charge in [0.25, 0.3) is 0 Å². The summed E-state index contributed by atoms with van der Waals surface area (Å²) in [4.78, 5) is 11.1. The monoisotopic (exact) mass is 232 g/mol. The maximum Gasteiger partial charge on any atom is 0.306 e. The van der Waals surface area contributed by atoms with Crippen LogP contribution in [0, 0.1) is 5.92 Å². The molecule has 0 fully saturated rings. The number of benzene rings is 1. The summed E-state index contributed by atoms with van der Waals surface area (Å²) >= 11 is 0. The standard InChI is InChI=1S/C15H20O2/c1-2-11(15(16)17)10-13-8-5-7-12-6-3-4-9-14(12)13/h3-4,6,9,11,13H,2,5,7-8,10H2,1H3,(H,16,17). The predicted octanol–water partition coefficient (Wildman–Crippen LogP) is 3.61. The molecule has 0 bridgehead atoms. The maximum absolute atomic E-state index is 11.1. The van der Waals surface area contributed by atoms with Crippen molar-refractivity contribution in [1.29, 1.82) is 0 Å². The van der Waals surface area contributed by atoms with Gasteiger partial charge in [-0.3, -0.25) is 4.79 Å². The van der Waals surface area contributed by atoms with Gasteiger partial charge in [0.1, 0.15) is 0 Å². The van der Waals surface area contributed by atoms with Gasteiger partial charge in [-0.15, -0.1) is 0 Å². The van der Waals surface area contributed by atoms with Gasteiger partial charge >= 0.3 is 5.97 Å². The number of hydrogen-bond donors (Lipinski definition) is 1. The third kappa shape index (κ3) is 2.68. The van der Waals surface area contributed by atoms with E-state index in [0.29, 0.717) is 5.92 Å². The zero-order valence-electron chi connectivity index (χ0n) is 10.4. The number of carboxylic acid groups (broad SMARTS) is 1. The fourth-order valence-electron chi connectivity index (χ4n) is 2.88. The molecule has 17 heavy (non-hydrogen) atoms. The highest BCUT2D eigenvalue weighted by Crippen LogP contribution is 2.36. The zero-order chi connectivity index (χ0) is 12.3. The quantitative estimate of drug-likeness (QED) is 0.861. The molecule has 1 aliphatic rings. The van der Waals surface area contributed by atoms with Crippen molar-refractivity contribution in [2.24, 2.45) is 5.92 Å². The smallest absolute Gasteiger partial charge is 0.306 e. The lowest BCUT2D eigenvalue weighted by Crippen LogP contribution is -2.19. The summed E-state index contributed by atoms with van der Waals surface area (Å²) in [6.07, 6.45) is 5.01. The molecule has 0 aliphatic heterocycles. The van der Waals surface area contributed by atoms with Crippen molar-refractivity contribution in [2.45, 2.75) is 44.9 Å². The maximum atomic E-state index is 11.1. The van der Waals surface area contributed by atoms with Gasteiger partial charge in [-0.1, -0.05) is 31.2 Å². The summed E-state index contributed by atoms with van der Waals surface area (Å²) in [6, 6.07) is 8.51. The Morgan fingerprint density at radius 3 is 2.94 bits per heavy atom. The van der Waals surface area contributed by atoms with Gasteiger partial charge in [-0.2, -0.15) is 0 Å². The Kier molecular flexibility index (Phi) is 3.82.